The molecule has 3 atom stereocenters. The lowest BCUT2D eigenvalue weighted by Gasteiger charge is -2.27. The van der Waals surface area contributed by atoms with Gasteiger partial charge < -0.3 is 10.1 Å². The number of rotatable bonds is 9. The molecule has 1 rings (SSSR count). The van der Waals surface area contributed by atoms with Gasteiger partial charge in [0.05, 0.1) is 6.10 Å². The highest BCUT2D eigenvalue weighted by molar-refractivity contribution is 4.75. The van der Waals surface area contributed by atoms with Crippen molar-refractivity contribution in [1.82, 2.24) is 5.32 Å². The molecule has 0 amide bonds. The van der Waals surface area contributed by atoms with Crippen LogP contribution in [0, 0.1) is 11.3 Å². The third-order valence-corrected chi connectivity index (χ3v) is 4.24. The fraction of sp³-hybridized carbons (Fsp3) is 1.00. The fourth-order valence-electron chi connectivity index (χ4n) is 3.67. The summed E-state index contributed by atoms with van der Waals surface area (Å²) in [5, 5.41) is 3.68. The first kappa shape index (κ1) is 18.0. The fourth-order valence-corrected chi connectivity index (χ4v) is 3.67. The first-order valence-electron chi connectivity index (χ1n) is 8.75. The van der Waals surface area contributed by atoms with Crippen LogP contribution < -0.4 is 5.32 Å². The lowest BCUT2D eigenvalue weighted by atomic mass is 9.82. The first-order chi connectivity index (χ1) is 9.40. The standard InChI is InChI=1S/C18H37NO/c1-6-19-16(13-15(2)14-18(3,4)5)9-7-10-17-11-8-12-20-17/h15-17,19H,6-14H2,1-5H3. The van der Waals surface area contributed by atoms with E-state index < -0.39 is 0 Å². The van der Waals surface area contributed by atoms with Crippen molar-refractivity contribution in [3.05, 3.63) is 0 Å². The van der Waals surface area contributed by atoms with Crippen molar-refractivity contribution in [2.45, 2.75) is 91.7 Å². The lowest BCUT2D eigenvalue weighted by molar-refractivity contribution is 0.101. The Labute approximate surface area is 127 Å². The molecule has 1 N–H and O–H groups in total. The SMILES string of the molecule is CCNC(CCCC1CCCO1)CC(C)CC(C)(C)C. The van der Waals surface area contributed by atoms with Gasteiger partial charge in [0, 0.05) is 12.6 Å². The van der Waals surface area contributed by atoms with E-state index in [4.69, 9.17) is 4.74 Å². The quantitative estimate of drug-likeness (QED) is 0.658. The van der Waals surface area contributed by atoms with Crippen molar-refractivity contribution in [2.75, 3.05) is 13.2 Å². The van der Waals surface area contributed by atoms with Crippen molar-refractivity contribution < 1.29 is 4.74 Å². The second-order valence-electron chi connectivity index (χ2n) is 7.93. The largest absolute Gasteiger partial charge is 0.378 e. The number of nitrogens with one attached hydrogen (secondary N) is 1. The Morgan fingerprint density at radius 2 is 2.05 bits per heavy atom. The van der Waals surface area contributed by atoms with Crippen molar-refractivity contribution in [3.8, 4) is 0 Å². The molecule has 1 heterocycles. The first-order valence-corrected chi connectivity index (χ1v) is 8.75. The molecule has 1 aliphatic heterocycles. The van der Waals surface area contributed by atoms with Crippen LogP contribution in [-0.2, 0) is 4.74 Å². The molecule has 0 aromatic rings. The minimum atomic E-state index is 0.452. The van der Waals surface area contributed by atoms with Gasteiger partial charge in [-0.25, -0.2) is 0 Å². The van der Waals surface area contributed by atoms with Crippen molar-refractivity contribution in [2.24, 2.45) is 11.3 Å². The van der Waals surface area contributed by atoms with E-state index in [0.717, 1.165) is 19.1 Å². The van der Waals surface area contributed by atoms with E-state index in [-0.39, 0.29) is 0 Å². The Morgan fingerprint density at radius 1 is 1.30 bits per heavy atom. The van der Waals surface area contributed by atoms with Crippen LogP contribution >= 0.6 is 0 Å². The average molecular weight is 284 g/mol. The number of hydrogen-bond donors (Lipinski definition) is 1. The molecular formula is C18H37NO. The van der Waals surface area contributed by atoms with E-state index in [0.29, 0.717) is 17.6 Å². The van der Waals surface area contributed by atoms with Gasteiger partial charge in [-0.3, -0.25) is 0 Å². The molecule has 2 nitrogen and oxygen atoms in total. The highest BCUT2D eigenvalue weighted by atomic mass is 16.5. The molecule has 0 spiro atoms. The molecule has 1 fully saturated rings. The predicted molar refractivity (Wildman–Crippen MR) is 88.1 cm³/mol. The number of hydrogen-bond acceptors (Lipinski definition) is 2. The Hall–Kier alpha value is -0.0800. The minimum Gasteiger partial charge on any atom is -0.378 e. The van der Waals surface area contributed by atoms with Crippen molar-refractivity contribution >= 4 is 0 Å². The average Bonchev–Trinajstić information content (AvgIpc) is 2.79. The van der Waals surface area contributed by atoms with Gasteiger partial charge in [-0.2, -0.15) is 0 Å². The summed E-state index contributed by atoms with van der Waals surface area (Å²) in [6.07, 6.45) is 9.62. The topological polar surface area (TPSA) is 21.3 Å². The Balaban J connectivity index is 2.24. The van der Waals surface area contributed by atoms with Crippen LogP contribution in [0.4, 0.5) is 0 Å². The van der Waals surface area contributed by atoms with Gasteiger partial charge in [0.15, 0.2) is 0 Å². The molecule has 2 heteroatoms. The molecule has 1 saturated heterocycles. The van der Waals surface area contributed by atoms with E-state index in [1.54, 1.807) is 0 Å². The molecular weight excluding hydrogens is 246 g/mol. The maximum absolute atomic E-state index is 5.72. The summed E-state index contributed by atoms with van der Waals surface area (Å²) in [5.41, 5.74) is 0.452. The van der Waals surface area contributed by atoms with Crippen LogP contribution in [0.2, 0.25) is 0 Å². The molecule has 20 heavy (non-hydrogen) atoms. The van der Waals surface area contributed by atoms with Crippen LogP contribution in [0.5, 0.6) is 0 Å². The van der Waals surface area contributed by atoms with Gasteiger partial charge in [0.1, 0.15) is 0 Å². The zero-order valence-corrected chi connectivity index (χ0v) is 14.5. The maximum atomic E-state index is 5.72. The normalized spacial score (nSPS) is 22.9. The third-order valence-electron chi connectivity index (χ3n) is 4.24. The molecule has 0 saturated carbocycles. The van der Waals surface area contributed by atoms with Crippen LogP contribution in [0.3, 0.4) is 0 Å². The van der Waals surface area contributed by atoms with Crippen LogP contribution in [-0.4, -0.2) is 25.3 Å². The van der Waals surface area contributed by atoms with Gasteiger partial charge in [-0.15, -0.1) is 0 Å². The molecule has 120 valence electrons. The van der Waals surface area contributed by atoms with Crippen molar-refractivity contribution in [3.63, 3.8) is 0 Å². The van der Waals surface area contributed by atoms with Crippen molar-refractivity contribution in [1.29, 1.82) is 0 Å². The zero-order valence-electron chi connectivity index (χ0n) is 14.5. The summed E-state index contributed by atoms with van der Waals surface area (Å²) in [7, 11) is 0. The van der Waals surface area contributed by atoms with E-state index in [9.17, 15) is 0 Å². The third kappa shape index (κ3) is 8.26. The van der Waals surface area contributed by atoms with E-state index in [1.165, 1.54) is 44.9 Å². The summed E-state index contributed by atoms with van der Waals surface area (Å²) in [4.78, 5) is 0. The molecule has 0 radical (unpaired) electrons. The Morgan fingerprint density at radius 3 is 2.60 bits per heavy atom. The zero-order chi connectivity index (χ0) is 15.0. The van der Waals surface area contributed by atoms with E-state index in [2.05, 4.69) is 39.9 Å². The summed E-state index contributed by atoms with van der Waals surface area (Å²) >= 11 is 0. The lowest BCUT2D eigenvalue weighted by Crippen LogP contribution is -2.31. The van der Waals surface area contributed by atoms with E-state index >= 15 is 0 Å². The second-order valence-corrected chi connectivity index (χ2v) is 7.93. The smallest absolute Gasteiger partial charge is 0.0576 e. The van der Waals surface area contributed by atoms with Crippen LogP contribution in [0.25, 0.3) is 0 Å². The summed E-state index contributed by atoms with van der Waals surface area (Å²) < 4.78 is 5.72. The summed E-state index contributed by atoms with van der Waals surface area (Å²) in [6, 6.07) is 0.693. The van der Waals surface area contributed by atoms with Crippen LogP contribution in [0.15, 0.2) is 0 Å². The van der Waals surface area contributed by atoms with Gasteiger partial charge in [0.2, 0.25) is 0 Å². The molecule has 3 unspecified atom stereocenters. The van der Waals surface area contributed by atoms with Gasteiger partial charge in [-0.1, -0.05) is 34.6 Å². The minimum absolute atomic E-state index is 0.452. The molecule has 1 aliphatic rings. The Kier molecular flexibility index (Phi) is 8.13. The predicted octanol–water partition coefficient (Wildman–Crippen LogP) is 4.78. The molecule has 0 aromatic heterocycles. The maximum Gasteiger partial charge on any atom is 0.0576 e. The van der Waals surface area contributed by atoms with Gasteiger partial charge in [-0.05, 0) is 62.8 Å². The second kappa shape index (κ2) is 9.04. The highest BCUT2D eigenvalue weighted by Crippen LogP contribution is 2.28. The molecule has 0 bridgehead atoms. The summed E-state index contributed by atoms with van der Waals surface area (Å²) in [5.74, 6) is 0.807. The summed E-state index contributed by atoms with van der Waals surface area (Å²) in [6.45, 7) is 13.8. The molecule has 0 aliphatic carbocycles. The monoisotopic (exact) mass is 283 g/mol. The molecule has 0 aromatic carbocycles. The highest BCUT2D eigenvalue weighted by Gasteiger charge is 2.20. The number of ether oxygens (including phenoxy) is 1. The van der Waals surface area contributed by atoms with Gasteiger partial charge in [0.25, 0.3) is 0 Å². The van der Waals surface area contributed by atoms with Gasteiger partial charge >= 0.3 is 0 Å². The Bertz CT molecular complexity index is 240. The van der Waals surface area contributed by atoms with E-state index in [1.807, 2.05) is 0 Å². The van der Waals surface area contributed by atoms with Crippen LogP contribution in [0.1, 0.15) is 79.6 Å².